The van der Waals surface area contributed by atoms with E-state index in [0.717, 1.165) is 43.0 Å². The van der Waals surface area contributed by atoms with Crippen LogP contribution in [-0.2, 0) is 17.2 Å². The Bertz CT molecular complexity index is 524. The van der Waals surface area contributed by atoms with Crippen molar-refractivity contribution in [3.8, 4) is 0 Å². The van der Waals surface area contributed by atoms with Gasteiger partial charge in [-0.15, -0.1) is 11.6 Å². The summed E-state index contributed by atoms with van der Waals surface area (Å²) < 4.78 is 7.76. The molecule has 19 heavy (non-hydrogen) atoms. The van der Waals surface area contributed by atoms with Gasteiger partial charge in [-0.2, -0.15) is 0 Å². The molecule has 0 amide bonds. The highest BCUT2D eigenvalue weighted by molar-refractivity contribution is 6.16. The highest BCUT2D eigenvalue weighted by atomic mass is 35.5. The molecule has 0 fully saturated rings. The first-order valence-corrected chi connectivity index (χ1v) is 7.18. The second kappa shape index (κ2) is 6.87. The highest BCUT2D eigenvalue weighted by Gasteiger charge is 2.09. The smallest absolute Gasteiger partial charge is 0.124 e. The summed E-state index contributed by atoms with van der Waals surface area (Å²) in [6.07, 6.45) is 4.52. The molecule has 0 saturated heterocycles. The molecule has 2 rings (SSSR count). The van der Waals surface area contributed by atoms with Gasteiger partial charge in [-0.25, -0.2) is 4.98 Å². The number of halogens is 1. The van der Waals surface area contributed by atoms with Crippen LogP contribution in [0.5, 0.6) is 0 Å². The van der Waals surface area contributed by atoms with Gasteiger partial charge >= 0.3 is 0 Å². The summed E-state index contributed by atoms with van der Waals surface area (Å²) in [5.41, 5.74) is 2.00. The Balaban J connectivity index is 1.99. The molecule has 0 atom stereocenters. The van der Waals surface area contributed by atoms with Gasteiger partial charge in [0.05, 0.1) is 17.6 Å². The first-order chi connectivity index (χ1) is 9.22. The van der Waals surface area contributed by atoms with Crippen LogP contribution >= 0.6 is 11.6 Å². The number of aryl methyl sites for hydroxylation is 1. The number of imidazole rings is 1. The second-order valence-electron chi connectivity index (χ2n) is 5.00. The van der Waals surface area contributed by atoms with Crippen LogP contribution in [0.3, 0.4) is 0 Å². The Labute approximate surface area is 118 Å². The molecule has 0 aromatic carbocycles. The highest BCUT2D eigenvalue weighted by Crippen LogP contribution is 2.16. The van der Waals surface area contributed by atoms with Gasteiger partial charge in [0.1, 0.15) is 11.3 Å². The molecular formula is C14H20ClN3O. The van der Waals surface area contributed by atoms with Gasteiger partial charge in [0, 0.05) is 26.0 Å². The molecule has 2 aromatic rings. The van der Waals surface area contributed by atoms with Crippen LogP contribution < -0.4 is 0 Å². The van der Waals surface area contributed by atoms with E-state index < -0.39 is 0 Å². The zero-order valence-electron chi connectivity index (χ0n) is 11.5. The van der Waals surface area contributed by atoms with Gasteiger partial charge in [-0.3, -0.25) is 4.98 Å². The maximum atomic E-state index is 5.95. The summed E-state index contributed by atoms with van der Waals surface area (Å²) in [6.45, 7) is 6.77. The lowest BCUT2D eigenvalue weighted by Gasteiger charge is -2.09. The van der Waals surface area contributed by atoms with E-state index in [1.807, 2.05) is 6.07 Å². The fraction of sp³-hybridized carbons (Fsp3) is 0.571. The molecule has 0 radical (unpaired) electrons. The average Bonchev–Trinajstić information content (AvgIpc) is 2.76. The molecule has 2 aromatic heterocycles. The topological polar surface area (TPSA) is 39.9 Å². The van der Waals surface area contributed by atoms with E-state index >= 15 is 0 Å². The number of nitrogens with zero attached hydrogens (tertiary/aromatic N) is 3. The summed E-state index contributed by atoms with van der Waals surface area (Å²) in [5.74, 6) is 1.90. The minimum Gasteiger partial charge on any atom is -0.381 e. The lowest BCUT2D eigenvalue weighted by Crippen LogP contribution is -2.08. The molecule has 0 aliphatic heterocycles. The van der Waals surface area contributed by atoms with Crippen molar-refractivity contribution >= 4 is 22.6 Å². The van der Waals surface area contributed by atoms with Crippen LogP contribution in [-0.4, -0.2) is 27.7 Å². The van der Waals surface area contributed by atoms with Gasteiger partial charge in [0.15, 0.2) is 0 Å². The van der Waals surface area contributed by atoms with E-state index in [4.69, 9.17) is 16.3 Å². The lowest BCUT2D eigenvalue weighted by molar-refractivity contribution is 0.105. The minimum atomic E-state index is 0.418. The van der Waals surface area contributed by atoms with E-state index in [0.29, 0.717) is 11.8 Å². The Morgan fingerprint density at radius 1 is 1.42 bits per heavy atom. The number of fused-ring (bicyclic) bond motifs is 1. The van der Waals surface area contributed by atoms with Crippen LogP contribution in [0.15, 0.2) is 18.5 Å². The molecule has 0 bridgehead atoms. The van der Waals surface area contributed by atoms with E-state index in [2.05, 4.69) is 28.4 Å². The zero-order chi connectivity index (χ0) is 13.7. The SMILES string of the molecule is CC(C)COCCCn1c(CCl)nc2cnccc21. The van der Waals surface area contributed by atoms with Crippen molar-refractivity contribution in [1.82, 2.24) is 14.5 Å². The number of aromatic nitrogens is 3. The van der Waals surface area contributed by atoms with Crippen molar-refractivity contribution in [2.45, 2.75) is 32.7 Å². The van der Waals surface area contributed by atoms with Crippen molar-refractivity contribution in [2.75, 3.05) is 13.2 Å². The molecular weight excluding hydrogens is 262 g/mol. The second-order valence-corrected chi connectivity index (χ2v) is 5.27. The average molecular weight is 282 g/mol. The Hall–Kier alpha value is -1.13. The van der Waals surface area contributed by atoms with Gasteiger partial charge in [0.25, 0.3) is 0 Å². The number of rotatable bonds is 7. The number of ether oxygens (including phenoxy) is 1. The van der Waals surface area contributed by atoms with Crippen LogP contribution in [0.1, 0.15) is 26.1 Å². The fourth-order valence-corrected chi connectivity index (χ4v) is 2.23. The summed E-state index contributed by atoms with van der Waals surface area (Å²) in [4.78, 5) is 8.57. The maximum absolute atomic E-state index is 5.95. The monoisotopic (exact) mass is 281 g/mol. The molecule has 0 aliphatic rings. The molecule has 0 spiro atoms. The number of hydrogen-bond donors (Lipinski definition) is 0. The minimum absolute atomic E-state index is 0.418. The largest absolute Gasteiger partial charge is 0.381 e. The van der Waals surface area contributed by atoms with E-state index in [9.17, 15) is 0 Å². The standard InChI is InChI=1S/C14H20ClN3O/c1-11(2)10-19-7-3-6-18-13-4-5-16-9-12(13)17-14(18)8-15/h4-5,9,11H,3,6-8,10H2,1-2H3. The number of alkyl halides is 1. The van der Waals surface area contributed by atoms with Crippen LogP contribution in [0.2, 0.25) is 0 Å². The van der Waals surface area contributed by atoms with Crippen LogP contribution in [0, 0.1) is 5.92 Å². The Morgan fingerprint density at radius 2 is 2.26 bits per heavy atom. The molecule has 4 nitrogen and oxygen atoms in total. The molecule has 5 heteroatoms. The third-order valence-corrected chi connectivity index (χ3v) is 3.11. The van der Waals surface area contributed by atoms with Gasteiger partial charge < -0.3 is 9.30 Å². The van der Waals surface area contributed by atoms with E-state index in [1.54, 1.807) is 12.4 Å². The Kier molecular flexibility index (Phi) is 5.16. The fourth-order valence-electron chi connectivity index (χ4n) is 2.03. The predicted molar refractivity (Wildman–Crippen MR) is 77.4 cm³/mol. The van der Waals surface area contributed by atoms with Gasteiger partial charge in [-0.1, -0.05) is 13.8 Å². The first kappa shape index (κ1) is 14.3. The lowest BCUT2D eigenvalue weighted by atomic mass is 10.2. The summed E-state index contributed by atoms with van der Waals surface area (Å²) >= 11 is 5.95. The molecule has 0 unspecified atom stereocenters. The Morgan fingerprint density at radius 3 is 3.00 bits per heavy atom. The number of pyridine rings is 1. The first-order valence-electron chi connectivity index (χ1n) is 6.65. The van der Waals surface area contributed by atoms with Gasteiger partial charge in [-0.05, 0) is 18.4 Å². The third kappa shape index (κ3) is 3.67. The molecule has 2 heterocycles. The maximum Gasteiger partial charge on any atom is 0.124 e. The summed E-state index contributed by atoms with van der Waals surface area (Å²) in [7, 11) is 0. The third-order valence-electron chi connectivity index (χ3n) is 2.87. The van der Waals surface area contributed by atoms with Gasteiger partial charge in [0.2, 0.25) is 0 Å². The van der Waals surface area contributed by atoms with Crippen LogP contribution in [0.4, 0.5) is 0 Å². The number of hydrogen-bond acceptors (Lipinski definition) is 3. The predicted octanol–water partition coefficient (Wildman–Crippen LogP) is 3.23. The summed E-state index contributed by atoms with van der Waals surface area (Å²) in [6, 6.07) is 1.98. The van der Waals surface area contributed by atoms with Crippen molar-refractivity contribution in [3.05, 3.63) is 24.3 Å². The van der Waals surface area contributed by atoms with Crippen LogP contribution in [0.25, 0.3) is 11.0 Å². The molecule has 104 valence electrons. The molecule has 0 saturated carbocycles. The molecule has 0 N–H and O–H groups in total. The van der Waals surface area contributed by atoms with Crippen molar-refractivity contribution in [2.24, 2.45) is 5.92 Å². The molecule has 0 aliphatic carbocycles. The normalized spacial score (nSPS) is 11.6. The van der Waals surface area contributed by atoms with E-state index in [-0.39, 0.29) is 0 Å². The van der Waals surface area contributed by atoms with Crippen molar-refractivity contribution < 1.29 is 4.74 Å². The van der Waals surface area contributed by atoms with Crippen molar-refractivity contribution in [3.63, 3.8) is 0 Å². The summed E-state index contributed by atoms with van der Waals surface area (Å²) in [5, 5.41) is 0. The van der Waals surface area contributed by atoms with E-state index in [1.165, 1.54) is 0 Å². The van der Waals surface area contributed by atoms with Crippen molar-refractivity contribution in [1.29, 1.82) is 0 Å². The quantitative estimate of drug-likeness (QED) is 0.578. The zero-order valence-corrected chi connectivity index (χ0v) is 12.2.